The Kier molecular flexibility index (Phi) is 5.90. The molecule has 5 rings (SSSR count). The number of aliphatic imine (C=N–C) groups is 1. The fourth-order valence-corrected chi connectivity index (χ4v) is 6.07. The largest absolute Gasteiger partial charge is 0.488 e. The molecule has 0 atom stereocenters. The van der Waals surface area contributed by atoms with Crippen molar-refractivity contribution in [3.8, 4) is 16.2 Å². The van der Waals surface area contributed by atoms with Gasteiger partial charge in [0.1, 0.15) is 18.2 Å². The highest BCUT2D eigenvalue weighted by atomic mass is 32.2. The fraction of sp³-hybridized carbons (Fsp3) is 0.250. The van der Waals surface area contributed by atoms with Crippen LogP contribution in [0, 0.1) is 0 Å². The summed E-state index contributed by atoms with van der Waals surface area (Å²) in [4.78, 5) is 18.9. The summed E-state index contributed by atoms with van der Waals surface area (Å²) in [5, 5.41) is 2.85. The van der Waals surface area contributed by atoms with Gasteiger partial charge in [0.05, 0.1) is 9.77 Å². The van der Waals surface area contributed by atoms with Crippen LogP contribution in [-0.4, -0.2) is 26.7 Å². The Hall–Kier alpha value is -3.17. The number of nitrogens with one attached hydrogen (secondary N) is 2. The predicted molar refractivity (Wildman–Crippen MR) is 130 cm³/mol. The van der Waals surface area contributed by atoms with Gasteiger partial charge in [0, 0.05) is 34.7 Å². The Morgan fingerprint density at radius 2 is 1.85 bits per heavy atom. The lowest BCUT2D eigenvalue weighted by Crippen LogP contribution is -2.30. The van der Waals surface area contributed by atoms with Crippen LogP contribution in [0.2, 0.25) is 0 Å². The second-order valence-corrected chi connectivity index (χ2v) is 10.7. The summed E-state index contributed by atoms with van der Waals surface area (Å²) >= 11 is 1.42. The maximum absolute atomic E-state index is 12.8. The molecule has 0 radical (unpaired) electrons. The first-order valence-electron chi connectivity index (χ1n) is 10.8. The second-order valence-electron chi connectivity index (χ2n) is 7.97. The Balaban J connectivity index is 1.29. The van der Waals surface area contributed by atoms with Gasteiger partial charge in [-0.25, -0.2) is 8.42 Å². The first-order valence-corrected chi connectivity index (χ1v) is 13.1. The van der Waals surface area contributed by atoms with Crippen LogP contribution in [0.3, 0.4) is 0 Å². The summed E-state index contributed by atoms with van der Waals surface area (Å²) in [6, 6.07) is 15.8. The van der Waals surface area contributed by atoms with E-state index in [1.54, 1.807) is 12.1 Å². The van der Waals surface area contributed by atoms with Gasteiger partial charge in [0.2, 0.25) is 0 Å². The first-order chi connectivity index (χ1) is 16.0. The molecule has 0 saturated heterocycles. The van der Waals surface area contributed by atoms with E-state index in [1.165, 1.54) is 23.5 Å². The number of amides is 1. The standard InChI is InChI=1S/C24H23N3O4S2/c28-24(21-14-16-15-31-20-7-4-3-6-19(20)23(16)32-21)26-17-9-11-18(12-10-17)33(29,30)27-22-8-2-1-5-13-25-22/h3-4,6-7,9-12,14H,1-2,5,8,13,15H2,(H,25,27)(H,26,28). The summed E-state index contributed by atoms with van der Waals surface area (Å²) in [5.74, 6) is 1.09. The number of carbonyl (C=O) groups is 1. The maximum Gasteiger partial charge on any atom is 0.265 e. The number of para-hydroxylation sites is 1. The minimum Gasteiger partial charge on any atom is -0.488 e. The van der Waals surface area contributed by atoms with Crippen molar-refractivity contribution in [2.45, 2.75) is 37.2 Å². The van der Waals surface area contributed by atoms with Crippen LogP contribution in [0.25, 0.3) is 10.4 Å². The molecule has 0 spiro atoms. The first kappa shape index (κ1) is 21.7. The van der Waals surface area contributed by atoms with Gasteiger partial charge in [-0.1, -0.05) is 18.6 Å². The molecule has 2 aliphatic heterocycles. The zero-order chi connectivity index (χ0) is 22.8. The zero-order valence-corrected chi connectivity index (χ0v) is 19.5. The van der Waals surface area contributed by atoms with E-state index in [0.29, 0.717) is 36.0 Å². The second kappa shape index (κ2) is 8.99. The van der Waals surface area contributed by atoms with E-state index in [9.17, 15) is 13.2 Å². The van der Waals surface area contributed by atoms with Gasteiger partial charge in [-0.2, -0.15) is 0 Å². The average Bonchev–Trinajstić information content (AvgIpc) is 3.11. The van der Waals surface area contributed by atoms with Gasteiger partial charge in [-0.3, -0.25) is 14.5 Å². The van der Waals surface area contributed by atoms with Crippen LogP contribution >= 0.6 is 11.3 Å². The van der Waals surface area contributed by atoms with E-state index >= 15 is 0 Å². The topological polar surface area (TPSA) is 96.9 Å². The van der Waals surface area contributed by atoms with Gasteiger partial charge in [0.25, 0.3) is 15.9 Å². The summed E-state index contributed by atoms with van der Waals surface area (Å²) in [7, 11) is -3.71. The molecular formula is C24H23N3O4S2. The van der Waals surface area contributed by atoms with Crippen LogP contribution in [-0.2, 0) is 16.6 Å². The molecule has 1 aromatic heterocycles. The van der Waals surface area contributed by atoms with Gasteiger partial charge >= 0.3 is 0 Å². The number of sulfonamides is 1. The number of anilines is 1. The molecule has 33 heavy (non-hydrogen) atoms. The van der Waals surface area contributed by atoms with Crippen molar-refractivity contribution >= 4 is 38.8 Å². The number of hydrogen-bond donors (Lipinski definition) is 2. The molecule has 3 heterocycles. The number of benzene rings is 2. The SMILES string of the molecule is O=C(Nc1ccc(S(=O)(=O)NC2=NCCCCC2)cc1)c1cc2c(s1)-c1ccccc1OC2. The van der Waals surface area contributed by atoms with Crippen molar-refractivity contribution in [3.05, 3.63) is 65.0 Å². The van der Waals surface area contributed by atoms with E-state index in [1.807, 2.05) is 30.3 Å². The third-order valence-electron chi connectivity index (χ3n) is 5.60. The third kappa shape index (κ3) is 4.65. The molecule has 2 aliphatic rings. The van der Waals surface area contributed by atoms with E-state index in [0.717, 1.165) is 41.0 Å². The Morgan fingerprint density at radius 1 is 1.03 bits per heavy atom. The third-order valence-corrected chi connectivity index (χ3v) is 8.20. The van der Waals surface area contributed by atoms with Crippen molar-refractivity contribution in [2.24, 2.45) is 4.99 Å². The average molecular weight is 482 g/mol. The molecular weight excluding hydrogens is 458 g/mol. The zero-order valence-electron chi connectivity index (χ0n) is 17.8. The molecule has 2 aromatic carbocycles. The highest BCUT2D eigenvalue weighted by Crippen LogP contribution is 2.42. The molecule has 0 unspecified atom stereocenters. The smallest absolute Gasteiger partial charge is 0.265 e. The lowest BCUT2D eigenvalue weighted by molar-refractivity contribution is 0.103. The Bertz CT molecular complexity index is 1330. The maximum atomic E-state index is 12.8. The van der Waals surface area contributed by atoms with Crippen LogP contribution in [0.1, 0.15) is 40.9 Å². The van der Waals surface area contributed by atoms with Crippen molar-refractivity contribution in [1.29, 1.82) is 0 Å². The van der Waals surface area contributed by atoms with Gasteiger partial charge in [-0.15, -0.1) is 11.3 Å². The summed E-state index contributed by atoms with van der Waals surface area (Å²) in [6.07, 6.45) is 3.59. The van der Waals surface area contributed by atoms with E-state index in [4.69, 9.17) is 4.74 Å². The molecule has 0 aliphatic carbocycles. The molecule has 9 heteroatoms. The molecule has 0 saturated carbocycles. The molecule has 170 valence electrons. The van der Waals surface area contributed by atoms with Crippen LogP contribution < -0.4 is 14.8 Å². The number of rotatable bonds is 4. The number of nitrogens with zero attached hydrogens (tertiary/aromatic N) is 1. The Labute approximate surface area is 196 Å². The molecule has 0 bridgehead atoms. The summed E-state index contributed by atoms with van der Waals surface area (Å²) in [6.45, 7) is 1.08. The molecule has 3 aromatic rings. The molecule has 7 nitrogen and oxygen atoms in total. The van der Waals surface area contributed by atoms with Crippen LogP contribution in [0.5, 0.6) is 5.75 Å². The summed E-state index contributed by atoms with van der Waals surface area (Å²) < 4.78 is 33.8. The van der Waals surface area contributed by atoms with Crippen molar-refractivity contribution in [2.75, 3.05) is 11.9 Å². The van der Waals surface area contributed by atoms with Crippen molar-refractivity contribution in [3.63, 3.8) is 0 Å². The Morgan fingerprint density at radius 3 is 2.70 bits per heavy atom. The summed E-state index contributed by atoms with van der Waals surface area (Å²) in [5.41, 5.74) is 2.50. The van der Waals surface area contributed by atoms with Crippen LogP contribution in [0.4, 0.5) is 5.69 Å². The number of amidine groups is 1. The number of hydrogen-bond acceptors (Lipinski definition) is 6. The highest BCUT2D eigenvalue weighted by molar-refractivity contribution is 7.90. The monoisotopic (exact) mass is 481 g/mol. The van der Waals surface area contributed by atoms with E-state index in [-0.39, 0.29) is 10.8 Å². The van der Waals surface area contributed by atoms with Gasteiger partial charge in [-0.05, 0) is 55.3 Å². The lowest BCUT2D eigenvalue weighted by atomic mass is 10.1. The normalized spacial score (nSPS) is 15.3. The van der Waals surface area contributed by atoms with E-state index < -0.39 is 10.0 Å². The number of fused-ring (bicyclic) bond motifs is 3. The minimum atomic E-state index is -3.71. The number of carbonyl (C=O) groups excluding carboxylic acids is 1. The predicted octanol–water partition coefficient (Wildman–Crippen LogP) is 4.81. The van der Waals surface area contributed by atoms with E-state index in [2.05, 4.69) is 15.0 Å². The molecule has 2 N–H and O–H groups in total. The molecule has 0 fully saturated rings. The molecule has 1 amide bonds. The number of ether oxygens (including phenoxy) is 1. The van der Waals surface area contributed by atoms with Gasteiger partial charge in [0.15, 0.2) is 0 Å². The lowest BCUT2D eigenvalue weighted by Gasteiger charge is -2.16. The quantitative estimate of drug-likeness (QED) is 0.559. The highest BCUT2D eigenvalue weighted by Gasteiger charge is 2.23. The van der Waals surface area contributed by atoms with Crippen LogP contribution in [0.15, 0.2) is 64.5 Å². The fourth-order valence-electron chi connectivity index (χ4n) is 3.89. The van der Waals surface area contributed by atoms with Gasteiger partial charge < -0.3 is 10.1 Å². The van der Waals surface area contributed by atoms with Crippen molar-refractivity contribution in [1.82, 2.24) is 4.72 Å². The minimum absolute atomic E-state index is 0.132. The van der Waals surface area contributed by atoms with Crippen molar-refractivity contribution < 1.29 is 17.9 Å². The number of thiophene rings is 1.